The van der Waals surface area contributed by atoms with Crippen LogP contribution in [0.5, 0.6) is 0 Å². The Kier molecular flexibility index (Phi) is 5.88. The van der Waals surface area contributed by atoms with Crippen LogP contribution in [0.1, 0.15) is 6.42 Å². The number of benzene rings is 1. The lowest BCUT2D eigenvalue weighted by Gasteiger charge is -2.16. The summed E-state index contributed by atoms with van der Waals surface area (Å²) in [6, 6.07) is 2.67. The molecule has 20 heavy (non-hydrogen) atoms. The van der Waals surface area contributed by atoms with Gasteiger partial charge in [-0.3, -0.25) is 0 Å². The molecule has 1 N–H and O–H groups in total. The van der Waals surface area contributed by atoms with Crippen LogP contribution in [0, 0.1) is 17.6 Å². The van der Waals surface area contributed by atoms with Gasteiger partial charge in [-0.15, -0.1) is 12.4 Å². The summed E-state index contributed by atoms with van der Waals surface area (Å²) in [7, 11) is -1.92. The summed E-state index contributed by atoms with van der Waals surface area (Å²) >= 11 is 0. The Balaban J connectivity index is 0.00000200. The second-order valence-electron chi connectivity index (χ2n) is 4.65. The smallest absolute Gasteiger partial charge is 0.243 e. The van der Waals surface area contributed by atoms with E-state index in [4.69, 9.17) is 0 Å². The molecule has 0 radical (unpaired) electrons. The number of rotatable bonds is 4. The van der Waals surface area contributed by atoms with Crippen molar-refractivity contribution in [1.29, 1.82) is 0 Å². The SMILES string of the molecule is CNCC1CCN(S(=O)(=O)c2ccc(F)c(F)c2)C1.Cl. The van der Waals surface area contributed by atoms with Crippen molar-refractivity contribution < 1.29 is 17.2 Å². The van der Waals surface area contributed by atoms with Crippen molar-refractivity contribution in [2.24, 2.45) is 5.92 Å². The first-order chi connectivity index (χ1) is 8.95. The number of hydrogen-bond acceptors (Lipinski definition) is 3. The Morgan fingerprint density at radius 1 is 1.35 bits per heavy atom. The van der Waals surface area contributed by atoms with Crippen molar-refractivity contribution in [1.82, 2.24) is 9.62 Å². The van der Waals surface area contributed by atoms with Gasteiger partial charge in [-0.25, -0.2) is 17.2 Å². The van der Waals surface area contributed by atoms with E-state index in [1.54, 1.807) is 0 Å². The Morgan fingerprint density at radius 3 is 2.65 bits per heavy atom. The summed E-state index contributed by atoms with van der Waals surface area (Å²) in [6.07, 6.45) is 0.768. The van der Waals surface area contributed by atoms with Crippen LogP contribution in [0.15, 0.2) is 23.1 Å². The molecule has 0 spiro atoms. The van der Waals surface area contributed by atoms with Gasteiger partial charge in [-0.1, -0.05) is 0 Å². The zero-order valence-corrected chi connectivity index (χ0v) is 12.6. The van der Waals surface area contributed by atoms with E-state index in [-0.39, 0.29) is 23.2 Å². The van der Waals surface area contributed by atoms with Gasteiger partial charge in [0.2, 0.25) is 10.0 Å². The second kappa shape index (κ2) is 6.80. The number of halogens is 3. The van der Waals surface area contributed by atoms with E-state index in [9.17, 15) is 17.2 Å². The van der Waals surface area contributed by atoms with E-state index in [2.05, 4.69) is 5.32 Å². The average Bonchev–Trinajstić information content (AvgIpc) is 2.82. The predicted molar refractivity (Wildman–Crippen MR) is 74.4 cm³/mol. The molecule has 1 saturated heterocycles. The molecule has 8 heteroatoms. The number of nitrogens with one attached hydrogen (secondary N) is 1. The van der Waals surface area contributed by atoms with E-state index in [1.165, 1.54) is 4.31 Å². The maximum atomic E-state index is 13.1. The Hall–Kier alpha value is -0.760. The first-order valence-corrected chi connectivity index (χ1v) is 7.49. The molecule has 0 aromatic heterocycles. The maximum absolute atomic E-state index is 13.1. The van der Waals surface area contributed by atoms with Crippen molar-refractivity contribution in [2.45, 2.75) is 11.3 Å². The molecular formula is C12H17ClF2N2O2S. The van der Waals surface area contributed by atoms with Crippen molar-refractivity contribution in [3.8, 4) is 0 Å². The van der Waals surface area contributed by atoms with Crippen molar-refractivity contribution in [3.63, 3.8) is 0 Å². The molecule has 1 unspecified atom stereocenters. The number of hydrogen-bond donors (Lipinski definition) is 1. The molecule has 0 amide bonds. The highest BCUT2D eigenvalue weighted by molar-refractivity contribution is 7.89. The van der Waals surface area contributed by atoms with Gasteiger partial charge in [0.25, 0.3) is 0 Å². The largest absolute Gasteiger partial charge is 0.319 e. The van der Waals surface area contributed by atoms with Gasteiger partial charge in [-0.2, -0.15) is 4.31 Å². The highest BCUT2D eigenvalue weighted by atomic mass is 35.5. The van der Waals surface area contributed by atoms with Crippen molar-refractivity contribution >= 4 is 22.4 Å². The first kappa shape index (κ1) is 17.3. The van der Waals surface area contributed by atoms with Crippen LogP contribution < -0.4 is 5.32 Å². The monoisotopic (exact) mass is 326 g/mol. The minimum atomic E-state index is -3.73. The summed E-state index contributed by atoms with van der Waals surface area (Å²) in [5.74, 6) is -1.94. The fourth-order valence-electron chi connectivity index (χ4n) is 2.26. The van der Waals surface area contributed by atoms with E-state index in [0.29, 0.717) is 13.1 Å². The molecule has 1 atom stereocenters. The van der Waals surface area contributed by atoms with Gasteiger partial charge < -0.3 is 5.32 Å². The molecule has 4 nitrogen and oxygen atoms in total. The van der Waals surface area contributed by atoms with Gasteiger partial charge in [0.15, 0.2) is 11.6 Å². The number of sulfonamides is 1. The predicted octanol–water partition coefficient (Wildman–Crippen LogP) is 1.62. The molecule has 1 heterocycles. The highest BCUT2D eigenvalue weighted by Gasteiger charge is 2.32. The van der Waals surface area contributed by atoms with Gasteiger partial charge in [-0.05, 0) is 44.1 Å². The highest BCUT2D eigenvalue weighted by Crippen LogP contribution is 2.24. The van der Waals surface area contributed by atoms with Crippen LogP contribution in [0.25, 0.3) is 0 Å². The Labute approximate surface area is 123 Å². The van der Waals surface area contributed by atoms with Gasteiger partial charge in [0.1, 0.15) is 0 Å². The molecule has 1 aromatic carbocycles. The lowest BCUT2D eigenvalue weighted by atomic mass is 10.1. The van der Waals surface area contributed by atoms with E-state index in [0.717, 1.165) is 31.2 Å². The molecule has 0 aliphatic carbocycles. The molecular weight excluding hydrogens is 310 g/mol. The standard InChI is InChI=1S/C12H16F2N2O2S.ClH/c1-15-7-9-4-5-16(8-9)19(17,18)10-2-3-11(13)12(14)6-10;/h2-3,6,9,15H,4-5,7-8H2,1H3;1H. The zero-order valence-electron chi connectivity index (χ0n) is 11.0. The Bertz CT molecular complexity index is 569. The normalized spacial score (nSPS) is 19.9. The van der Waals surface area contributed by atoms with Crippen molar-refractivity contribution in [3.05, 3.63) is 29.8 Å². The van der Waals surface area contributed by atoms with Crippen LogP contribution in [0.4, 0.5) is 8.78 Å². The minimum absolute atomic E-state index is 0. The fourth-order valence-corrected chi connectivity index (χ4v) is 3.80. The molecule has 114 valence electrons. The maximum Gasteiger partial charge on any atom is 0.243 e. The third-order valence-electron chi connectivity index (χ3n) is 3.27. The molecule has 1 aliphatic heterocycles. The fraction of sp³-hybridized carbons (Fsp3) is 0.500. The van der Waals surface area contributed by atoms with E-state index < -0.39 is 21.7 Å². The molecule has 1 aliphatic rings. The van der Waals surface area contributed by atoms with Gasteiger partial charge >= 0.3 is 0 Å². The minimum Gasteiger partial charge on any atom is -0.319 e. The van der Waals surface area contributed by atoms with Crippen LogP contribution in [0.3, 0.4) is 0 Å². The van der Waals surface area contributed by atoms with E-state index in [1.807, 2.05) is 7.05 Å². The summed E-state index contributed by atoms with van der Waals surface area (Å²) < 4.78 is 51.8. The second-order valence-corrected chi connectivity index (χ2v) is 6.59. The van der Waals surface area contributed by atoms with Crippen LogP contribution in [-0.2, 0) is 10.0 Å². The quantitative estimate of drug-likeness (QED) is 0.914. The van der Waals surface area contributed by atoms with Crippen LogP contribution >= 0.6 is 12.4 Å². The third kappa shape index (κ3) is 3.46. The molecule has 1 fully saturated rings. The average molecular weight is 327 g/mol. The Morgan fingerprint density at radius 2 is 2.05 bits per heavy atom. The zero-order chi connectivity index (χ0) is 14.0. The van der Waals surface area contributed by atoms with Gasteiger partial charge in [0, 0.05) is 13.1 Å². The molecule has 1 aromatic rings. The van der Waals surface area contributed by atoms with Crippen LogP contribution in [-0.4, -0.2) is 39.4 Å². The van der Waals surface area contributed by atoms with E-state index >= 15 is 0 Å². The molecule has 0 bridgehead atoms. The summed E-state index contributed by atoms with van der Waals surface area (Å²) in [5, 5.41) is 3.01. The molecule has 0 saturated carbocycles. The summed E-state index contributed by atoms with van der Waals surface area (Å²) in [6.45, 7) is 1.56. The topological polar surface area (TPSA) is 49.4 Å². The van der Waals surface area contributed by atoms with Crippen LogP contribution in [0.2, 0.25) is 0 Å². The van der Waals surface area contributed by atoms with Crippen molar-refractivity contribution in [2.75, 3.05) is 26.7 Å². The summed E-state index contributed by atoms with van der Waals surface area (Å²) in [4.78, 5) is -0.198. The third-order valence-corrected chi connectivity index (χ3v) is 5.13. The molecule has 2 rings (SSSR count). The number of nitrogens with zero attached hydrogens (tertiary/aromatic N) is 1. The summed E-state index contributed by atoms with van der Waals surface area (Å²) in [5.41, 5.74) is 0. The lowest BCUT2D eigenvalue weighted by molar-refractivity contribution is 0.449. The first-order valence-electron chi connectivity index (χ1n) is 6.05. The lowest BCUT2D eigenvalue weighted by Crippen LogP contribution is -2.30. The van der Waals surface area contributed by atoms with Gasteiger partial charge in [0.05, 0.1) is 4.90 Å².